The average molecular weight is 379 g/mol. The van der Waals surface area contributed by atoms with Crippen LogP contribution >= 0.6 is 0 Å². The largest absolute Gasteiger partial charge is 0.478 e. The van der Waals surface area contributed by atoms with E-state index < -0.39 is 5.97 Å². The number of aryl methyl sites for hydroxylation is 1. The van der Waals surface area contributed by atoms with Crippen LogP contribution < -0.4 is 4.90 Å². The summed E-state index contributed by atoms with van der Waals surface area (Å²) in [6.45, 7) is 1.91. The van der Waals surface area contributed by atoms with Gasteiger partial charge in [0, 0.05) is 17.1 Å². The molecular formula is C26H21NO2. The van der Waals surface area contributed by atoms with Gasteiger partial charge >= 0.3 is 5.97 Å². The van der Waals surface area contributed by atoms with Gasteiger partial charge in [-0.2, -0.15) is 0 Å². The van der Waals surface area contributed by atoms with Crippen LogP contribution in [0, 0.1) is 6.92 Å². The Morgan fingerprint density at radius 3 is 1.69 bits per heavy atom. The molecule has 4 rings (SSSR count). The van der Waals surface area contributed by atoms with Gasteiger partial charge in [0.2, 0.25) is 0 Å². The quantitative estimate of drug-likeness (QED) is 0.413. The summed E-state index contributed by atoms with van der Waals surface area (Å²) in [4.78, 5) is 13.6. The lowest BCUT2D eigenvalue weighted by Gasteiger charge is -2.25. The predicted molar refractivity (Wildman–Crippen MR) is 118 cm³/mol. The summed E-state index contributed by atoms with van der Waals surface area (Å²) in [5.41, 5.74) is 6.32. The van der Waals surface area contributed by atoms with Crippen LogP contribution in [0.3, 0.4) is 0 Å². The molecular weight excluding hydrogens is 358 g/mol. The Morgan fingerprint density at radius 2 is 1.17 bits per heavy atom. The lowest BCUT2D eigenvalue weighted by Crippen LogP contribution is -2.09. The van der Waals surface area contributed by atoms with E-state index in [2.05, 4.69) is 41.3 Å². The highest BCUT2D eigenvalue weighted by Gasteiger charge is 2.12. The number of nitrogens with zero attached hydrogens (tertiary/aromatic N) is 1. The number of carboxylic acid groups (broad SMARTS) is 1. The topological polar surface area (TPSA) is 40.5 Å². The van der Waals surface area contributed by atoms with Gasteiger partial charge in [-0.15, -0.1) is 0 Å². The fourth-order valence-corrected chi connectivity index (χ4v) is 3.48. The number of aromatic carboxylic acids is 1. The molecule has 0 aromatic heterocycles. The van der Waals surface area contributed by atoms with E-state index in [0.29, 0.717) is 5.56 Å². The van der Waals surface area contributed by atoms with Gasteiger partial charge < -0.3 is 10.0 Å². The lowest BCUT2D eigenvalue weighted by molar-refractivity contribution is 0.0697. The van der Waals surface area contributed by atoms with E-state index in [1.807, 2.05) is 61.5 Å². The first-order valence-corrected chi connectivity index (χ1v) is 9.47. The molecule has 3 heteroatoms. The molecule has 0 aliphatic heterocycles. The van der Waals surface area contributed by atoms with Crippen molar-refractivity contribution >= 4 is 23.0 Å². The molecule has 0 atom stereocenters. The molecule has 0 aliphatic rings. The summed E-state index contributed by atoms with van der Waals surface area (Å²) in [6.07, 6.45) is 0. The average Bonchev–Trinajstić information content (AvgIpc) is 2.75. The number of para-hydroxylation sites is 2. The predicted octanol–water partition coefficient (Wildman–Crippen LogP) is 6.83. The van der Waals surface area contributed by atoms with Crippen molar-refractivity contribution in [3.8, 4) is 11.1 Å². The van der Waals surface area contributed by atoms with Crippen molar-refractivity contribution < 1.29 is 9.90 Å². The van der Waals surface area contributed by atoms with E-state index in [1.54, 1.807) is 12.1 Å². The summed E-state index contributed by atoms with van der Waals surface area (Å²) in [5.74, 6) is -0.911. The van der Waals surface area contributed by atoms with Crippen LogP contribution in [0.4, 0.5) is 17.1 Å². The Balaban J connectivity index is 1.75. The Morgan fingerprint density at radius 1 is 0.655 bits per heavy atom. The zero-order valence-corrected chi connectivity index (χ0v) is 16.1. The molecule has 3 nitrogen and oxygen atoms in total. The molecule has 0 saturated carbocycles. The summed E-state index contributed by atoms with van der Waals surface area (Å²) in [5, 5.41) is 9.34. The van der Waals surface area contributed by atoms with Crippen LogP contribution in [0.1, 0.15) is 15.9 Å². The van der Waals surface area contributed by atoms with Crippen molar-refractivity contribution in [2.45, 2.75) is 6.92 Å². The van der Waals surface area contributed by atoms with Crippen molar-refractivity contribution in [2.24, 2.45) is 0 Å². The number of carboxylic acids is 1. The maximum absolute atomic E-state index is 11.4. The van der Waals surface area contributed by atoms with Gasteiger partial charge in [0.15, 0.2) is 0 Å². The summed E-state index contributed by atoms with van der Waals surface area (Å²) < 4.78 is 0. The highest BCUT2D eigenvalue weighted by Crippen LogP contribution is 2.35. The minimum atomic E-state index is -0.911. The zero-order valence-electron chi connectivity index (χ0n) is 16.1. The molecule has 4 aromatic rings. The fraction of sp³-hybridized carbons (Fsp3) is 0.0385. The highest BCUT2D eigenvalue weighted by atomic mass is 16.4. The van der Waals surface area contributed by atoms with Crippen LogP contribution in [0.5, 0.6) is 0 Å². The molecule has 4 aromatic carbocycles. The van der Waals surface area contributed by atoms with Gasteiger partial charge in [0.05, 0.1) is 5.56 Å². The van der Waals surface area contributed by atoms with E-state index in [4.69, 9.17) is 0 Å². The maximum atomic E-state index is 11.4. The SMILES string of the molecule is Cc1cc(C(=O)O)cc(-c2ccc(N(c3ccccc3)c3ccccc3)cc2)c1. The lowest BCUT2D eigenvalue weighted by atomic mass is 10.00. The van der Waals surface area contributed by atoms with Gasteiger partial charge in [0.1, 0.15) is 0 Å². The van der Waals surface area contributed by atoms with E-state index in [0.717, 1.165) is 33.8 Å². The molecule has 0 fully saturated rings. The van der Waals surface area contributed by atoms with Crippen LogP contribution in [-0.2, 0) is 0 Å². The third-order valence-corrected chi connectivity index (χ3v) is 4.81. The molecule has 1 N–H and O–H groups in total. The van der Waals surface area contributed by atoms with Crippen molar-refractivity contribution in [1.29, 1.82) is 0 Å². The molecule has 0 amide bonds. The maximum Gasteiger partial charge on any atom is 0.335 e. The van der Waals surface area contributed by atoms with E-state index >= 15 is 0 Å². The van der Waals surface area contributed by atoms with Crippen LogP contribution in [-0.4, -0.2) is 11.1 Å². The molecule has 142 valence electrons. The van der Waals surface area contributed by atoms with Crippen molar-refractivity contribution in [2.75, 3.05) is 4.90 Å². The molecule has 0 bridgehead atoms. The molecule has 0 spiro atoms. The number of hydrogen-bond donors (Lipinski definition) is 1. The van der Waals surface area contributed by atoms with Crippen LogP contribution in [0.2, 0.25) is 0 Å². The Labute approximate surface area is 170 Å². The van der Waals surface area contributed by atoms with Crippen molar-refractivity contribution in [1.82, 2.24) is 0 Å². The summed E-state index contributed by atoms with van der Waals surface area (Å²) in [6, 6.07) is 34.1. The number of carbonyl (C=O) groups is 1. The standard InChI is InChI=1S/C26H21NO2/c1-19-16-21(18-22(17-19)26(28)29)20-12-14-25(15-13-20)27(23-8-4-2-5-9-23)24-10-6-3-7-11-24/h2-18H,1H3,(H,28,29). The van der Waals surface area contributed by atoms with Gasteiger partial charge in [-0.1, -0.05) is 54.6 Å². The second-order valence-corrected chi connectivity index (χ2v) is 6.95. The van der Waals surface area contributed by atoms with Crippen LogP contribution in [0.25, 0.3) is 11.1 Å². The van der Waals surface area contributed by atoms with Crippen molar-refractivity contribution in [3.63, 3.8) is 0 Å². The zero-order chi connectivity index (χ0) is 20.2. The highest BCUT2D eigenvalue weighted by molar-refractivity contribution is 5.90. The van der Waals surface area contributed by atoms with Crippen molar-refractivity contribution in [3.05, 3.63) is 114 Å². The third-order valence-electron chi connectivity index (χ3n) is 4.81. The second kappa shape index (κ2) is 8.03. The fourth-order valence-electron chi connectivity index (χ4n) is 3.48. The number of hydrogen-bond acceptors (Lipinski definition) is 2. The first kappa shape index (κ1) is 18.5. The van der Waals surface area contributed by atoms with Gasteiger partial charge in [-0.3, -0.25) is 0 Å². The summed E-state index contributed by atoms with van der Waals surface area (Å²) >= 11 is 0. The molecule has 0 unspecified atom stereocenters. The molecule has 29 heavy (non-hydrogen) atoms. The Bertz CT molecular complexity index is 1080. The monoisotopic (exact) mass is 379 g/mol. The minimum Gasteiger partial charge on any atom is -0.478 e. The molecule has 0 saturated heterocycles. The van der Waals surface area contributed by atoms with E-state index in [-0.39, 0.29) is 0 Å². The Hall–Kier alpha value is -3.85. The molecule has 0 radical (unpaired) electrons. The first-order chi connectivity index (χ1) is 14.1. The van der Waals surface area contributed by atoms with Gasteiger partial charge in [-0.25, -0.2) is 4.79 Å². The first-order valence-electron chi connectivity index (χ1n) is 9.47. The molecule has 0 heterocycles. The molecule has 0 aliphatic carbocycles. The normalized spacial score (nSPS) is 10.5. The van der Waals surface area contributed by atoms with E-state index in [9.17, 15) is 9.90 Å². The third kappa shape index (κ3) is 4.04. The second-order valence-electron chi connectivity index (χ2n) is 6.95. The number of benzene rings is 4. The van der Waals surface area contributed by atoms with Gasteiger partial charge in [-0.05, 0) is 72.1 Å². The Kier molecular flexibility index (Phi) is 5.12. The van der Waals surface area contributed by atoms with E-state index in [1.165, 1.54) is 0 Å². The van der Waals surface area contributed by atoms with Gasteiger partial charge in [0.25, 0.3) is 0 Å². The smallest absolute Gasteiger partial charge is 0.335 e. The summed E-state index contributed by atoms with van der Waals surface area (Å²) in [7, 11) is 0. The van der Waals surface area contributed by atoms with Crippen LogP contribution in [0.15, 0.2) is 103 Å². The number of anilines is 3. The number of rotatable bonds is 5. The minimum absolute atomic E-state index is 0.305.